The zero-order chi connectivity index (χ0) is 21.1. The van der Waals surface area contributed by atoms with Gasteiger partial charge in [-0.15, -0.1) is 0 Å². The Labute approximate surface area is 174 Å². The van der Waals surface area contributed by atoms with Gasteiger partial charge in [-0.25, -0.2) is 0 Å². The van der Waals surface area contributed by atoms with Crippen LogP contribution >= 0.6 is 11.6 Å². The molecule has 154 valence electrons. The van der Waals surface area contributed by atoms with E-state index >= 15 is 0 Å². The molecule has 2 aromatic rings. The molecule has 2 rings (SSSR count). The topological polar surface area (TPSA) is 96.5 Å². The molecule has 29 heavy (non-hydrogen) atoms. The van der Waals surface area contributed by atoms with Crippen LogP contribution in [-0.2, 0) is 9.59 Å². The van der Waals surface area contributed by atoms with Gasteiger partial charge >= 0.3 is 0 Å². The first kappa shape index (κ1) is 22.2. The summed E-state index contributed by atoms with van der Waals surface area (Å²) in [6.07, 6.45) is 2.01. The predicted molar refractivity (Wildman–Crippen MR) is 112 cm³/mol. The Balaban J connectivity index is 1.69. The molecule has 3 amide bonds. The van der Waals surface area contributed by atoms with Crippen LogP contribution in [0.15, 0.2) is 48.5 Å². The van der Waals surface area contributed by atoms with Crippen molar-refractivity contribution in [2.24, 2.45) is 0 Å². The number of benzene rings is 2. The number of ether oxygens (including phenoxy) is 1. The summed E-state index contributed by atoms with van der Waals surface area (Å²) < 4.78 is 5.54. The lowest BCUT2D eigenvalue weighted by Crippen LogP contribution is -2.40. The normalized spacial score (nSPS) is 10.1. The summed E-state index contributed by atoms with van der Waals surface area (Å²) in [5.41, 5.74) is 0.991. The van der Waals surface area contributed by atoms with Crippen molar-refractivity contribution in [3.8, 4) is 5.75 Å². The number of hydrogen-bond donors (Lipinski definition) is 3. The van der Waals surface area contributed by atoms with Crippen molar-refractivity contribution in [3.05, 3.63) is 59.1 Å². The molecule has 0 spiro atoms. The standard InChI is InChI=1S/C21H24ClN3O4/c1-2-3-12-29-18-10-4-15(5-11-18)21(28)24-13-19(26)23-14-20(27)25-17-8-6-16(22)7-9-17/h4-11H,2-3,12-14H2,1H3,(H,23,26)(H,24,28)(H,25,27). The number of unbranched alkanes of at least 4 members (excludes halogenated alkanes) is 1. The lowest BCUT2D eigenvalue weighted by Gasteiger charge is -2.09. The van der Waals surface area contributed by atoms with Gasteiger partial charge in [0, 0.05) is 16.3 Å². The fourth-order valence-electron chi connectivity index (χ4n) is 2.28. The molecular weight excluding hydrogens is 394 g/mol. The third kappa shape index (κ3) is 8.23. The molecule has 0 fully saturated rings. The van der Waals surface area contributed by atoms with Crippen LogP contribution in [-0.4, -0.2) is 37.4 Å². The molecule has 0 radical (unpaired) electrons. The van der Waals surface area contributed by atoms with Crippen LogP contribution in [0.1, 0.15) is 30.1 Å². The number of nitrogens with one attached hydrogen (secondary N) is 3. The van der Waals surface area contributed by atoms with Gasteiger partial charge in [-0.2, -0.15) is 0 Å². The van der Waals surface area contributed by atoms with Crippen molar-refractivity contribution in [3.63, 3.8) is 0 Å². The zero-order valence-electron chi connectivity index (χ0n) is 16.2. The maximum absolute atomic E-state index is 12.1. The van der Waals surface area contributed by atoms with Crippen LogP contribution in [0.5, 0.6) is 5.75 Å². The average Bonchev–Trinajstić information content (AvgIpc) is 2.73. The van der Waals surface area contributed by atoms with Crippen LogP contribution < -0.4 is 20.7 Å². The molecule has 2 aromatic carbocycles. The second kappa shape index (κ2) is 11.7. The van der Waals surface area contributed by atoms with Crippen LogP contribution in [0.2, 0.25) is 5.02 Å². The third-order valence-corrected chi connectivity index (χ3v) is 4.12. The van der Waals surface area contributed by atoms with E-state index in [1.807, 2.05) is 0 Å². The molecule has 0 saturated heterocycles. The van der Waals surface area contributed by atoms with Gasteiger partial charge in [-0.1, -0.05) is 24.9 Å². The van der Waals surface area contributed by atoms with Gasteiger partial charge in [-0.3, -0.25) is 14.4 Å². The minimum Gasteiger partial charge on any atom is -0.494 e. The number of rotatable bonds is 10. The smallest absolute Gasteiger partial charge is 0.251 e. The average molecular weight is 418 g/mol. The first-order valence-electron chi connectivity index (χ1n) is 9.31. The monoisotopic (exact) mass is 417 g/mol. The van der Waals surface area contributed by atoms with E-state index in [2.05, 4.69) is 22.9 Å². The highest BCUT2D eigenvalue weighted by Crippen LogP contribution is 2.13. The zero-order valence-corrected chi connectivity index (χ0v) is 16.9. The Morgan fingerprint density at radius 3 is 2.21 bits per heavy atom. The number of carbonyl (C=O) groups excluding carboxylic acids is 3. The molecule has 0 heterocycles. The van der Waals surface area contributed by atoms with Gasteiger partial charge in [0.05, 0.1) is 19.7 Å². The first-order chi connectivity index (χ1) is 14.0. The largest absolute Gasteiger partial charge is 0.494 e. The Morgan fingerprint density at radius 2 is 1.55 bits per heavy atom. The van der Waals surface area contributed by atoms with Crippen LogP contribution in [0.4, 0.5) is 5.69 Å². The number of carbonyl (C=O) groups is 3. The predicted octanol–water partition coefficient (Wildman–Crippen LogP) is 3.00. The molecule has 0 atom stereocenters. The van der Waals surface area contributed by atoms with Gasteiger partial charge < -0.3 is 20.7 Å². The molecule has 8 heteroatoms. The van der Waals surface area contributed by atoms with Gasteiger partial charge in [-0.05, 0) is 55.0 Å². The van der Waals surface area contributed by atoms with Gasteiger partial charge in [0.15, 0.2) is 0 Å². The van der Waals surface area contributed by atoms with E-state index < -0.39 is 5.91 Å². The maximum Gasteiger partial charge on any atom is 0.251 e. The Kier molecular flexibility index (Phi) is 8.98. The summed E-state index contributed by atoms with van der Waals surface area (Å²) >= 11 is 5.78. The minimum atomic E-state index is -0.468. The van der Waals surface area contributed by atoms with Crippen molar-refractivity contribution in [1.82, 2.24) is 10.6 Å². The molecule has 0 unspecified atom stereocenters. The van der Waals surface area contributed by atoms with Crippen molar-refractivity contribution in [1.29, 1.82) is 0 Å². The molecular formula is C21H24ClN3O4. The number of anilines is 1. The van der Waals surface area contributed by atoms with Crippen molar-refractivity contribution in [2.75, 3.05) is 25.0 Å². The molecule has 0 aromatic heterocycles. The van der Waals surface area contributed by atoms with Crippen molar-refractivity contribution >= 4 is 35.0 Å². The molecule has 0 bridgehead atoms. The SMILES string of the molecule is CCCCOc1ccc(C(=O)NCC(=O)NCC(=O)Nc2ccc(Cl)cc2)cc1. The molecule has 3 N–H and O–H groups in total. The summed E-state index contributed by atoms with van der Waals surface area (Å²) in [5, 5.41) is 8.15. The summed E-state index contributed by atoms with van der Waals surface area (Å²) in [7, 11) is 0. The van der Waals surface area contributed by atoms with Crippen LogP contribution in [0, 0.1) is 0 Å². The Morgan fingerprint density at radius 1 is 0.897 bits per heavy atom. The summed E-state index contributed by atoms with van der Waals surface area (Å²) in [5.74, 6) is -0.542. The van der Waals surface area contributed by atoms with Crippen LogP contribution in [0.25, 0.3) is 0 Å². The number of amides is 3. The fourth-order valence-corrected chi connectivity index (χ4v) is 2.41. The molecule has 0 aliphatic carbocycles. The highest BCUT2D eigenvalue weighted by Gasteiger charge is 2.10. The van der Waals surface area contributed by atoms with E-state index in [1.54, 1.807) is 48.5 Å². The molecule has 0 aliphatic rings. The van der Waals surface area contributed by atoms with Crippen LogP contribution in [0.3, 0.4) is 0 Å². The molecule has 7 nitrogen and oxygen atoms in total. The highest BCUT2D eigenvalue weighted by molar-refractivity contribution is 6.30. The van der Waals surface area contributed by atoms with Gasteiger partial charge in [0.25, 0.3) is 5.91 Å². The Hall–Kier alpha value is -3.06. The maximum atomic E-state index is 12.1. The van der Waals surface area contributed by atoms with Gasteiger partial charge in [0.2, 0.25) is 11.8 Å². The summed E-state index contributed by atoms with van der Waals surface area (Å²) in [6, 6.07) is 13.3. The van der Waals surface area contributed by atoms with Gasteiger partial charge in [0.1, 0.15) is 5.75 Å². The van der Waals surface area contributed by atoms with E-state index in [0.717, 1.165) is 12.8 Å². The third-order valence-electron chi connectivity index (χ3n) is 3.87. The lowest BCUT2D eigenvalue weighted by molar-refractivity contribution is -0.123. The van der Waals surface area contributed by atoms with E-state index in [1.165, 1.54) is 0 Å². The van der Waals surface area contributed by atoms with E-state index in [9.17, 15) is 14.4 Å². The van der Waals surface area contributed by atoms with Crippen molar-refractivity contribution in [2.45, 2.75) is 19.8 Å². The summed E-state index contributed by atoms with van der Waals surface area (Å²) in [4.78, 5) is 35.8. The quantitative estimate of drug-likeness (QED) is 0.518. The number of halogens is 1. The molecule has 0 aliphatic heterocycles. The second-order valence-electron chi connectivity index (χ2n) is 6.24. The Bertz CT molecular complexity index is 823. The van der Waals surface area contributed by atoms with E-state index in [4.69, 9.17) is 16.3 Å². The fraction of sp³-hybridized carbons (Fsp3) is 0.286. The first-order valence-corrected chi connectivity index (χ1v) is 9.69. The second-order valence-corrected chi connectivity index (χ2v) is 6.68. The minimum absolute atomic E-state index is 0.207. The highest BCUT2D eigenvalue weighted by atomic mass is 35.5. The number of hydrogen-bond acceptors (Lipinski definition) is 4. The van der Waals surface area contributed by atoms with E-state index in [0.29, 0.717) is 28.6 Å². The lowest BCUT2D eigenvalue weighted by atomic mass is 10.2. The van der Waals surface area contributed by atoms with Crippen molar-refractivity contribution < 1.29 is 19.1 Å². The van der Waals surface area contributed by atoms with E-state index in [-0.39, 0.29) is 24.9 Å². The summed E-state index contributed by atoms with van der Waals surface area (Å²) in [6.45, 7) is 2.27. The molecule has 0 saturated carbocycles.